The maximum atomic E-state index is 9.08. The quantitative estimate of drug-likeness (QED) is 0.722. The number of aryl methyl sites for hydroxylation is 2. The largest absolute Gasteiger partial charge is 0.496 e. The van der Waals surface area contributed by atoms with Gasteiger partial charge >= 0.3 is 0 Å². The fraction of sp³-hybridized carbons (Fsp3) is 0.158. The second-order valence-corrected chi connectivity index (χ2v) is 5.25. The van der Waals surface area contributed by atoms with Crippen LogP contribution in [0.5, 0.6) is 5.75 Å². The Morgan fingerprint density at radius 2 is 2.00 bits per heavy atom. The Bertz CT molecular complexity index is 831. The number of rotatable bonds is 5. The molecule has 0 spiro atoms. The Morgan fingerprint density at radius 1 is 1.17 bits per heavy atom. The van der Waals surface area contributed by atoms with E-state index in [2.05, 4.69) is 23.3 Å². The number of hydrogen-bond donors (Lipinski definition) is 0. The summed E-state index contributed by atoms with van der Waals surface area (Å²) in [5, 5.41) is 13.5. The smallest absolute Gasteiger partial charge is 0.126 e. The van der Waals surface area contributed by atoms with Crippen LogP contribution in [0.3, 0.4) is 0 Å². The molecule has 0 saturated carbocycles. The van der Waals surface area contributed by atoms with Crippen LogP contribution in [-0.4, -0.2) is 16.9 Å². The third-order valence-corrected chi connectivity index (χ3v) is 3.75. The number of nitriles is 1. The van der Waals surface area contributed by atoms with Gasteiger partial charge in [0.25, 0.3) is 0 Å². The number of nitrogens with zero attached hydrogens (tertiary/aromatic N) is 3. The molecule has 0 bridgehead atoms. The highest BCUT2D eigenvalue weighted by molar-refractivity contribution is 5.71. The van der Waals surface area contributed by atoms with Crippen LogP contribution >= 0.6 is 0 Å². The first-order valence-corrected chi connectivity index (χ1v) is 7.45. The van der Waals surface area contributed by atoms with Crippen LogP contribution in [-0.2, 0) is 13.0 Å². The van der Waals surface area contributed by atoms with Crippen LogP contribution in [0.15, 0.2) is 60.9 Å². The van der Waals surface area contributed by atoms with Gasteiger partial charge in [-0.25, -0.2) is 0 Å². The zero-order valence-electron chi connectivity index (χ0n) is 12.9. The normalized spacial score (nSPS) is 10.3. The van der Waals surface area contributed by atoms with Gasteiger partial charge in [0.1, 0.15) is 5.75 Å². The molecule has 2 aromatic carbocycles. The van der Waals surface area contributed by atoms with E-state index in [9.17, 15) is 0 Å². The van der Waals surface area contributed by atoms with Crippen molar-refractivity contribution < 1.29 is 4.74 Å². The number of benzene rings is 2. The maximum absolute atomic E-state index is 9.08. The van der Waals surface area contributed by atoms with E-state index in [4.69, 9.17) is 10.00 Å². The summed E-state index contributed by atoms with van der Waals surface area (Å²) in [6.07, 6.45) is 4.73. The third-order valence-electron chi connectivity index (χ3n) is 3.75. The van der Waals surface area contributed by atoms with Crippen LogP contribution in [0.2, 0.25) is 0 Å². The first kappa shape index (κ1) is 14.9. The SMILES string of the molecule is COc1ccc(C#N)cc1-c1cnn(CCc2ccccc2)c1. The summed E-state index contributed by atoms with van der Waals surface area (Å²) in [7, 11) is 1.63. The van der Waals surface area contributed by atoms with Gasteiger partial charge in [0, 0.05) is 23.9 Å². The molecule has 0 aliphatic carbocycles. The van der Waals surface area contributed by atoms with Crippen LogP contribution in [0, 0.1) is 11.3 Å². The van der Waals surface area contributed by atoms with Crippen molar-refractivity contribution in [1.29, 1.82) is 5.26 Å². The lowest BCUT2D eigenvalue weighted by atomic mass is 10.1. The molecule has 3 rings (SSSR count). The van der Waals surface area contributed by atoms with Crippen LogP contribution < -0.4 is 4.74 Å². The molecular weight excluding hydrogens is 286 g/mol. The number of ether oxygens (including phenoxy) is 1. The molecule has 0 unspecified atom stereocenters. The molecule has 0 amide bonds. The Labute approximate surface area is 135 Å². The Hall–Kier alpha value is -3.06. The van der Waals surface area contributed by atoms with Crippen molar-refractivity contribution in [3.05, 3.63) is 72.1 Å². The minimum atomic E-state index is 0.609. The molecule has 4 nitrogen and oxygen atoms in total. The first-order valence-electron chi connectivity index (χ1n) is 7.45. The second-order valence-electron chi connectivity index (χ2n) is 5.25. The van der Waals surface area contributed by atoms with Crippen molar-refractivity contribution in [3.63, 3.8) is 0 Å². The van der Waals surface area contributed by atoms with Gasteiger partial charge in [-0.1, -0.05) is 30.3 Å². The lowest BCUT2D eigenvalue weighted by Gasteiger charge is -2.06. The van der Waals surface area contributed by atoms with Gasteiger partial charge in [0.2, 0.25) is 0 Å². The average molecular weight is 303 g/mol. The van der Waals surface area contributed by atoms with Crippen molar-refractivity contribution in [2.75, 3.05) is 7.11 Å². The molecule has 0 atom stereocenters. The van der Waals surface area contributed by atoms with E-state index in [1.54, 1.807) is 13.2 Å². The molecule has 1 heterocycles. The summed E-state index contributed by atoms with van der Waals surface area (Å²) in [6.45, 7) is 0.810. The number of aromatic nitrogens is 2. The van der Waals surface area contributed by atoms with E-state index in [1.165, 1.54) is 5.56 Å². The summed E-state index contributed by atoms with van der Waals surface area (Å²) in [4.78, 5) is 0. The molecule has 1 aromatic heterocycles. The highest BCUT2D eigenvalue weighted by Crippen LogP contribution is 2.30. The fourth-order valence-corrected chi connectivity index (χ4v) is 2.52. The molecule has 0 saturated heterocycles. The van der Waals surface area contributed by atoms with Crippen molar-refractivity contribution in [2.24, 2.45) is 0 Å². The average Bonchev–Trinajstić information content (AvgIpc) is 3.09. The van der Waals surface area contributed by atoms with E-state index >= 15 is 0 Å². The van der Waals surface area contributed by atoms with E-state index in [1.807, 2.05) is 47.4 Å². The second kappa shape index (κ2) is 6.80. The lowest BCUT2D eigenvalue weighted by Crippen LogP contribution is -2.01. The third kappa shape index (κ3) is 3.41. The van der Waals surface area contributed by atoms with Crippen LogP contribution in [0.1, 0.15) is 11.1 Å². The zero-order chi connectivity index (χ0) is 16.1. The predicted molar refractivity (Wildman–Crippen MR) is 89.1 cm³/mol. The first-order chi connectivity index (χ1) is 11.3. The van der Waals surface area contributed by atoms with Gasteiger partial charge in [-0.2, -0.15) is 10.4 Å². The summed E-state index contributed by atoms with van der Waals surface area (Å²) < 4.78 is 7.31. The molecule has 0 radical (unpaired) electrons. The monoisotopic (exact) mass is 303 g/mol. The highest BCUT2D eigenvalue weighted by atomic mass is 16.5. The van der Waals surface area contributed by atoms with Crippen molar-refractivity contribution in [3.8, 4) is 22.9 Å². The van der Waals surface area contributed by atoms with E-state index in [0.717, 1.165) is 29.8 Å². The van der Waals surface area contributed by atoms with Gasteiger partial charge in [-0.05, 0) is 30.2 Å². The summed E-state index contributed by atoms with van der Waals surface area (Å²) >= 11 is 0. The van der Waals surface area contributed by atoms with E-state index in [-0.39, 0.29) is 0 Å². The Morgan fingerprint density at radius 3 is 2.74 bits per heavy atom. The maximum Gasteiger partial charge on any atom is 0.126 e. The minimum Gasteiger partial charge on any atom is -0.496 e. The Kier molecular flexibility index (Phi) is 4.39. The topological polar surface area (TPSA) is 50.8 Å². The molecular formula is C19H17N3O. The molecule has 0 N–H and O–H groups in total. The molecule has 114 valence electrons. The number of methoxy groups -OCH3 is 1. The summed E-state index contributed by atoms with van der Waals surface area (Å²) in [5.74, 6) is 0.742. The standard InChI is InChI=1S/C19H17N3O/c1-23-19-8-7-16(12-20)11-18(19)17-13-21-22(14-17)10-9-15-5-3-2-4-6-15/h2-8,11,13-14H,9-10H2,1H3. The minimum absolute atomic E-state index is 0.609. The van der Waals surface area contributed by atoms with E-state index in [0.29, 0.717) is 5.56 Å². The van der Waals surface area contributed by atoms with Crippen molar-refractivity contribution in [1.82, 2.24) is 9.78 Å². The fourth-order valence-electron chi connectivity index (χ4n) is 2.52. The van der Waals surface area contributed by atoms with Crippen LogP contribution in [0.25, 0.3) is 11.1 Å². The zero-order valence-corrected chi connectivity index (χ0v) is 12.9. The van der Waals surface area contributed by atoms with Gasteiger partial charge in [-0.3, -0.25) is 4.68 Å². The Balaban J connectivity index is 1.80. The van der Waals surface area contributed by atoms with Gasteiger partial charge < -0.3 is 4.74 Å². The van der Waals surface area contributed by atoms with Crippen molar-refractivity contribution in [2.45, 2.75) is 13.0 Å². The molecule has 23 heavy (non-hydrogen) atoms. The number of hydrogen-bond acceptors (Lipinski definition) is 3. The summed E-state index contributed by atoms with van der Waals surface area (Å²) in [5.41, 5.74) is 3.73. The predicted octanol–water partition coefficient (Wildman–Crippen LogP) is 3.67. The summed E-state index contributed by atoms with van der Waals surface area (Å²) in [6, 6.07) is 17.9. The van der Waals surface area contributed by atoms with E-state index < -0.39 is 0 Å². The van der Waals surface area contributed by atoms with Crippen molar-refractivity contribution >= 4 is 0 Å². The highest BCUT2D eigenvalue weighted by Gasteiger charge is 2.09. The molecule has 0 aliphatic rings. The van der Waals surface area contributed by atoms with Gasteiger partial charge in [-0.15, -0.1) is 0 Å². The molecule has 3 aromatic rings. The van der Waals surface area contributed by atoms with Crippen LogP contribution in [0.4, 0.5) is 0 Å². The lowest BCUT2D eigenvalue weighted by molar-refractivity contribution is 0.416. The molecule has 4 heteroatoms. The van der Waals surface area contributed by atoms with Gasteiger partial charge in [0.05, 0.1) is 24.9 Å². The molecule has 0 fully saturated rings. The van der Waals surface area contributed by atoms with Gasteiger partial charge in [0.15, 0.2) is 0 Å². The molecule has 0 aliphatic heterocycles.